The van der Waals surface area contributed by atoms with Crippen LogP contribution in [-0.4, -0.2) is 31.1 Å². The molecule has 0 saturated carbocycles. The average molecular weight is 441 g/mol. The third-order valence-electron chi connectivity index (χ3n) is 4.55. The van der Waals surface area contributed by atoms with Gasteiger partial charge in [0.2, 0.25) is 5.91 Å². The number of nitrogens with one attached hydrogen (secondary N) is 1. The molecule has 0 saturated heterocycles. The number of esters is 1. The van der Waals surface area contributed by atoms with Gasteiger partial charge in [0, 0.05) is 11.1 Å². The Kier molecular flexibility index (Phi) is 7.25. The zero-order valence-electron chi connectivity index (χ0n) is 17.9. The first-order chi connectivity index (χ1) is 14.9. The van der Waals surface area contributed by atoms with Gasteiger partial charge in [-0.25, -0.2) is 9.78 Å². The molecule has 0 bridgehead atoms. The summed E-state index contributed by atoms with van der Waals surface area (Å²) in [4.78, 5) is 29.2. The second kappa shape index (κ2) is 10.1. The molecule has 1 amide bonds. The van der Waals surface area contributed by atoms with Gasteiger partial charge in [0.25, 0.3) is 0 Å². The molecule has 0 fully saturated rings. The van der Waals surface area contributed by atoms with Crippen molar-refractivity contribution in [3.8, 4) is 11.5 Å². The fraction of sp³-hybridized carbons (Fsp3) is 0.261. The molecule has 31 heavy (non-hydrogen) atoms. The highest BCUT2D eigenvalue weighted by molar-refractivity contribution is 7.09. The van der Waals surface area contributed by atoms with Gasteiger partial charge in [-0.15, -0.1) is 11.3 Å². The second-order valence-electron chi connectivity index (χ2n) is 6.89. The molecule has 0 radical (unpaired) electrons. The summed E-state index contributed by atoms with van der Waals surface area (Å²) < 4.78 is 15.8. The van der Waals surface area contributed by atoms with Crippen molar-refractivity contribution in [1.29, 1.82) is 0 Å². The topological polar surface area (TPSA) is 86.8 Å². The number of ether oxygens (including phenoxy) is 3. The highest BCUT2D eigenvalue weighted by Gasteiger charge is 2.18. The Morgan fingerprint density at radius 3 is 2.65 bits per heavy atom. The van der Waals surface area contributed by atoms with Crippen molar-refractivity contribution in [2.75, 3.05) is 19.5 Å². The number of anilines is 1. The molecule has 0 aliphatic heterocycles. The number of nitrogens with zero attached hydrogens (tertiary/aromatic N) is 1. The number of para-hydroxylation sites is 1. The predicted octanol–water partition coefficient (Wildman–Crippen LogP) is 4.32. The lowest BCUT2D eigenvalue weighted by atomic mass is 10.1. The first kappa shape index (κ1) is 22.3. The number of thiazole rings is 1. The zero-order valence-corrected chi connectivity index (χ0v) is 18.7. The summed E-state index contributed by atoms with van der Waals surface area (Å²) in [6.45, 7) is 3.92. The normalized spacial score (nSPS) is 10.5. The summed E-state index contributed by atoms with van der Waals surface area (Å²) in [7, 11) is 2.96. The maximum atomic E-state index is 12.5. The fourth-order valence-electron chi connectivity index (χ4n) is 2.96. The summed E-state index contributed by atoms with van der Waals surface area (Å²) in [5, 5.41) is 5.34. The van der Waals surface area contributed by atoms with Crippen LogP contribution in [0.5, 0.6) is 11.5 Å². The van der Waals surface area contributed by atoms with Gasteiger partial charge in [0.1, 0.15) is 17.2 Å². The molecule has 0 aliphatic rings. The molecular formula is C23H24N2O5S. The molecule has 1 heterocycles. The third-order valence-corrected chi connectivity index (χ3v) is 5.45. The molecule has 0 unspecified atom stereocenters. The third kappa shape index (κ3) is 5.61. The maximum Gasteiger partial charge on any atom is 0.342 e. The van der Waals surface area contributed by atoms with Gasteiger partial charge in [-0.3, -0.25) is 4.79 Å². The second-order valence-corrected chi connectivity index (χ2v) is 7.84. The standard InChI is InChI=1S/C23H24N2O5S/c1-14-8-9-15(2)18(10-14)25-20(26)11-21-24-16(13-31-21)12-30-23(27)17-6-5-7-19(28-3)22(17)29-4/h5-10,13H,11-12H2,1-4H3,(H,25,26). The Bertz CT molecular complexity index is 1090. The monoisotopic (exact) mass is 440 g/mol. The summed E-state index contributed by atoms with van der Waals surface area (Å²) in [6, 6.07) is 10.9. The summed E-state index contributed by atoms with van der Waals surface area (Å²) in [5.41, 5.74) is 3.72. The van der Waals surface area contributed by atoms with Crippen LogP contribution in [0.25, 0.3) is 0 Å². The number of aromatic nitrogens is 1. The molecule has 8 heteroatoms. The van der Waals surface area contributed by atoms with E-state index in [1.807, 2.05) is 32.0 Å². The van der Waals surface area contributed by atoms with E-state index in [4.69, 9.17) is 14.2 Å². The van der Waals surface area contributed by atoms with E-state index in [0.29, 0.717) is 22.2 Å². The lowest BCUT2D eigenvalue weighted by molar-refractivity contribution is -0.115. The van der Waals surface area contributed by atoms with Gasteiger partial charge in [0.05, 0.1) is 26.3 Å². The molecule has 7 nitrogen and oxygen atoms in total. The number of carbonyl (C=O) groups excluding carboxylic acids is 2. The molecule has 1 aromatic heterocycles. The van der Waals surface area contributed by atoms with Gasteiger partial charge in [-0.2, -0.15) is 0 Å². The van der Waals surface area contributed by atoms with Crippen LogP contribution < -0.4 is 14.8 Å². The van der Waals surface area contributed by atoms with Gasteiger partial charge in [-0.05, 0) is 43.2 Å². The van der Waals surface area contributed by atoms with E-state index in [-0.39, 0.29) is 24.5 Å². The number of aryl methyl sites for hydroxylation is 2. The minimum absolute atomic E-state index is 0.00565. The molecule has 1 N–H and O–H groups in total. The number of rotatable bonds is 8. The van der Waals surface area contributed by atoms with Crippen molar-refractivity contribution in [2.45, 2.75) is 26.9 Å². The van der Waals surface area contributed by atoms with E-state index in [1.54, 1.807) is 23.6 Å². The maximum absolute atomic E-state index is 12.5. The van der Waals surface area contributed by atoms with Gasteiger partial charge < -0.3 is 19.5 Å². The van der Waals surface area contributed by atoms with E-state index < -0.39 is 5.97 Å². The van der Waals surface area contributed by atoms with Crippen molar-refractivity contribution < 1.29 is 23.8 Å². The van der Waals surface area contributed by atoms with Crippen molar-refractivity contribution in [2.24, 2.45) is 0 Å². The summed E-state index contributed by atoms with van der Waals surface area (Å²) in [6.07, 6.45) is 0.149. The minimum Gasteiger partial charge on any atom is -0.493 e. The van der Waals surface area contributed by atoms with Crippen molar-refractivity contribution >= 4 is 28.9 Å². The van der Waals surface area contributed by atoms with Crippen LogP contribution in [0, 0.1) is 13.8 Å². The summed E-state index contributed by atoms with van der Waals surface area (Å²) in [5.74, 6) is 0.0745. The molecular weight excluding hydrogens is 416 g/mol. The Morgan fingerprint density at radius 1 is 1.10 bits per heavy atom. The summed E-state index contributed by atoms with van der Waals surface area (Å²) >= 11 is 1.35. The van der Waals surface area contributed by atoms with E-state index in [9.17, 15) is 9.59 Å². The molecule has 0 atom stereocenters. The molecule has 0 spiro atoms. The smallest absolute Gasteiger partial charge is 0.342 e. The molecule has 0 aliphatic carbocycles. The Hall–Kier alpha value is -3.39. The highest BCUT2D eigenvalue weighted by atomic mass is 32.1. The van der Waals surface area contributed by atoms with E-state index in [2.05, 4.69) is 10.3 Å². The SMILES string of the molecule is COc1cccc(C(=O)OCc2csc(CC(=O)Nc3cc(C)ccc3C)n2)c1OC. The fourth-order valence-corrected chi connectivity index (χ4v) is 3.74. The number of amides is 1. The van der Waals surface area contributed by atoms with Crippen LogP contribution in [0.4, 0.5) is 5.69 Å². The van der Waals surface area contributed by atoms with E-state index >= 15 is 0 Å². The number of hydrogen-bond donors (Lipinski definition) is 1. The van der Waals surface area contributed by atoms with Crippen molar-refractivity contribution in [1.82, 2.24) is 4.98 Å². The minimum atomic E-state index is -0.544. The predicted molar refractivity (Wildman–Crippen MR) is 119 cm³/mol. The Labute approximate surface area is 185 Å². The number of methoxy groups -OCH3 is 2. The Morgan fingerprint density at radius 2 is 1.90 bits per heavy atom. The number of benzene rings is 2. The lowest BCUT2D eigenvalue weighted by Crippen LogP contribution is -2.15. The van der Waals surface area contributed by atoms with Crippen LogP contribution in [0.1, 0.15) is 32.2 Å². The first-order valence-electron chi connectivity index (χ1n) is 9.59. The Balaban J connectivity index is 1.58. The van der Waals surface area contributed by atoms with Gasteiger partial charge >= 0.3 is 5.97 Å². The van der Waals surface area contributed by atoms with Crippen LogP contribution in [0.3, 0.4) is 0 Å². The van der Waals surface area contributed by atoms with Gasteiger partial charge in [0.15, 0.2) is 11.5 Å². The quantitative estimate of drug-likeness (QED) is 0.525. The number of hydrogen-bond acceptors (Lipinski definition) is 7. The van der Waals surface area contributed by atoms with Gasteiger partial charge in [-0.1, -0.05) is 18.2 Å². The zero-order chi connectivity index (χ0) is 22.4. The van der Waals surface area contributed by atoms with Crippen molar-refractivity contribution in [3.63, 3.8) is 0 Å². The van der Waals surface area contributed by atoms with Crippen LogP contribution in [0.15, 0.2) is 41.8 Å². The molecule has 162 valence electrons. The van der Waals surface area contributed by atoms with Crippen LogP contribution in [-0.2, 0) is 22.6 Å². The molecule has 3 aromatic rings. The van der Waals surface area contributed by atoms with E-state index in [1.165, 1.54) is 25.6 Å². The lowest BCUT2D eigenvalue weighted by Gasteiger charge is -2.11. The van der Waals surface area contributed by atoms with Crippen LogP contribution >= 0.6 is 11.3 Å². The van der Waals surface area contributed by atoms with Crippen LogP contribution in [0.2, 0.25) is 0 Å². The number of carbonyl (C=O) groups is 2. The average Bonchev–Trinajstić information content (AvgIpc) is 3.20. The molecule has 2 aromatic carbocycles. The first-order valence-corrected chi connectivity index (χ1v) is 10.5. The molecule has 3 rings (SSSR count). The van der Waals surface area contributed by atoms with Crippen molar-refractivity contribution in [3.05, 3.63) is 69.2 Å². The highest BCUT2D eigenvalue weighted by Crippen LogP contribution is 2.31. The largest absolute Gasteiger partial charge is 0.493 e. The van der Waals surface area contributed by atoms with E-state index in [0.717, 1.165) is 16.8 Å².